The van der Waals surface area contributed by atoms with E-state index in [9.17, 15) is 4.79 Å². The smallest absolute Gasteiger partial charge is 0.222 e. The second kappa shape index (κ2) is 6.23. The van der Waals surface area contributed by atoms with Crippen molar-refractivity contribution in [2.75, 3.05) is 7.05 Å². The predicted molar refractivity (Wildman–Crippen MR) is 61.6 cm³/mol. The summed E-state index contributed by atoms with van der Waals surface area (Å²) in [5, 5.41) is 9.09. The predicted octanol–water partition coefficient (Wildman–Crippen LogP) is 1.20. The van der Waals surface area contributed by atoms with Gasteiger partial charge in [0, 0.05) is 32.4 Å². The zero-order valence-electron chi connectivity index (χ0n) is 9.76. The number of aliphatic hydroxyl groups excluding tert-OH is 1. The fourth-order valence-electron chi connectivity index (χ4n) is 1.38. The number of carbonyl (C=O) groups excluding carboxylic acids is 1. The van der Waals surface area contributed by atoms with Crippen LogP contribution in [0.3, 0.4) is 0 Å². The second-order valence-corrected chi connectivity index (χ2v) is 4.00. The molecule has 4 nitrogen and oxygen atoms in total. The molecule has 0 aliphatic carbocycles. The van der Waals surface area contributed by atoms with Gasteiger partial charge in [-0.15, -0.1) is 0 Å². The first-order valence-corrected chi connectivity index (χ1v) is 5.40. The maximum atomic E-state index is 11.6. The number of nitrogens with zero attached hydrogens (tertiary/aromatic N) is 2. The van der Waals surface area contributed by atoms with E-state index in [-0.39, 0.29) is 5.91 Å². The maximum absolute atomic E-state index is 11.6. The van der Waals surface area contributed by atoms with E-state index in [1.807, 2.05) is 12.1 Å². The Morgan fingerprint density at radius 3 is 2.94 bits per heavy atom. The molecule has 0 aliphatic rings. The molecule has 88 valence electrons. The van der Waals surface area contributed by atoms with Gasteiger partial charge in [-0.25, -0.2) is 0 Å². The average Bonchev–Trinajstić information content (AvgIpc) is 2.27. The minimum Gasteiger partial charge on any atom is -0.393 e. The molecule has 0 radical (unpaired) electrons. The molecule has 0 fully saturated rings. The van der Waals surface area contributed by atoms with Gasteiger partial charge in [0.25, 0.3) is 0 Å². The van der Waals surface area contributed by atoms with E-state index in [2.05, 4.69) is 4.98 Å². The van der Waals surface area contributed by atoms with Crippen LogP contribution in [0.1, 0.15) is 25.3 Å². The van der Waals surface area contributed by atoms with Crippen LogP contribution < -0.4 is 0 Å². The lowest BCUT2D eigenvalue weighted by atomic mass is 10.2. The monoisotopic (exact) mass is 222 g/mol. The van der Waals surface area contributed by atoms with E-state index in [1.54, 1.807) is 31.3 Å². The van der Waals surface area contributed by atoms with Gasteiger partial charge in [-0.2, -0.15) is 0 Å². The minimum absolute atomic E-state index is 0.0461. The van der Waals surface area contributed by atoms with E-state index in [0.717, 1.165) is 5.56 Å². The fourth-order valence-corrected chi connectivity index (χ4v) is 1.38. The first kappa shape index (κ1) is 12.6. The number of hydrogen-bond acceptors (Lipinski definition) is 3. The topological polar surface area (TPSA) is 53.4 Å². The van der Waals surface area contributed by atoms with E-state index in [1.165, 1.54) is 0 Å². The summed E-state index contributed by atoms with van der Waals surface area (Å²) in [5.41, 5.74) is 1.01. The molecule has 0 aromatic carbocycles. The molecule has 16 heavy (non-hydrogen) atoms. The number of hydrogen-bond donors (Lipinski definition) is 1. The van der Waals surface area contributed by atoms with Crippen molar-refractivity contribution >= 4 is 5.91 Å². The number of aromatic nitrogens is 1. The molecular weight excluding hydrogens is 204 g/mol. The standard InChI is InChI=1S/C12H18N2O2/c1-10(15)5-6-12(16)14(2)9-11-4-3-7-13-8-11/h3-4,7-8,10,15H,5-6,9H2,1-2H3. The quantitative estimate of drug-likeness (QED) is 0.814. The minimum atomic E-state index is -0.421. The van der Waals surface area contributed by atoms with E-state index < -0.39 is 6.10 Å². The summed E-state index contributed by atoms with van der Waals surface area (Å²) in [4.78, 5) is 17.3. The summed E-state index contributed by atoms with van der Waals surface area (Å²) in [6.07, 6.45) is 3.93. The number of amides is 1. The molecule has 1 rings (SSSR count). The Balaban J connectivity index is 2.40. The highest BCUT2D eigenvalue weighted by Gasteiger charge is 2.10. The van der Waals surface area contributed by atoms with Crippen LogP contribution in [0.5, 0.6) is 0 Å². The van der Waals surface area contributed by atoms with Crippen molar-refractivity contribution in [3.8, 4) is 0 Å². The van der Waals surface area contributed by atoms with Gasteiger partial charge in [0.2, 0.25) is 5.91 Å². The van der Waals surface area contributed by atoms with Crippen molar-refractivity contribution in [2.24, 2.45) is 0 Å². The van der Waals surface area contributed by atoms with Gasteiger partial charge in [-0.05, 0) is 25.0 Å². The summed E-state index contributed by atoms with van der Waals surface area (Å²) >= 11 is 0. The molecule has 0 bridgehead atoms. The van der Waals surface area contributed by atoms with Crippen molar-refractivity contribution < 1.29 is 9.90 Å². The van der Waals surface area contributed by atoms with Crippen LogP contribution in [0.2, 0.25) is 0 Å². The lowest BCUT2D eigenvalue weighted by Gasteiger charge is -2.17. The molecule has 1 aromatic heterocycles. The molecule has 1 heterocycles. The molecule has 1 N–H and O–H groups in total. The van der Waals surface area contributed by atoms with Crippen LogP contribution >= 0.6 is 0 Å². The SMILES string of the molecule is CC(O)CCC(=O)N(C)Cc1cccnc1. The van der Waals surface area contributed by atoms with E-state index >= 15 is 0 Å². The van der Waals surface area contributed by atoms with Crippen LogP contribution in [-0.2, 0) is 11.3 Å². The zero-order chi connectivity index (χ0) is 12.0. The van der Waals surface area contributed by atoms with Crippen molar-refractivity contribution in [1.82, 2.24) is 9.88 Å². The Morgan fingerprint density at radius 2 is 2.38 bits per heavy atom. The first-order chi connectivity index (χ1) is 7.59. The average molecular weight is 222 g/mol. The molecule has 1 unspecified atom stereocenters. The van der Waals surface area contributed by atoms with Crippen molar-refractivity contribution in [3.63, 3.8) is 0 Å². The fraction of sp³-hybridized carbons (Fsp3) is 0.500. The first-order valence-electron chi connectivity index (χ1n) is 5.40. The Bertz CT molecular complexity index is 325. The third kappa shape index (κ3) is 4.40. The zero-order valence-corrected chi connectivity index (χ0v) is 9.76. The highest BCUT2D eigenvalue weighted by molar-refractivity contribution is 5.75. The highest BCUT2D eigenvalue weighted by Crippen LogP contribution is 2.05. The normalized spacial score (nSPS) is 12.2. The maximum Gasteiger partial charge on any atom is 0.222 e. The summed E-state index contributed by atoms with van der Waals surface area (Å²) in [7, 11) is 1.76. The molecule has 1 amide bonds. The molecular formula is C12H18N2O2. The number of pyridine rings is 1. The van der Waals surface area contributed by atoms with Crippen LogP contribution in [0.25, 0.3) is 0 Å². The molecule has 4 heteroatoms. The molecule has 0 saturated carbocycles. The molecule has 0 spiro atoms. The van der Waals surface area contributed by atoms with Crippen molar-refractivity contribution in [1.29, 1.82) is 0 Å². The van der Waals surface area contributed by atoms with E-state index in [0.29, 0.717) is 19.4 Å². The third-order valence-electron chi connectivity index (χ3n) is 2.34. The molecule has 0 saturated heterocycles. The van der Waals surface area contributed by atoms with Crippen molar-refractivity contribution in [2.45, 2.75) is 32.4 Å². The van der Waals surface area contributed by atoms with Crippen LogP contribution in [0, 0.1) is 0 Å². The van der Waals surface area contributed by atoms with Gasteiger partial charge in [0.15, 0.2) is 0 Å². The lowest BCUT2D eigenvalue weighted by Crippen LogP contribution is -2.26. The summed E-state index contributed by atoms with van der Waals surface area (Å²) in [6.45, 7) is 2.25. The van der Waals surface area contributed by atoms with Gasteiger partial charge in [0.1, 0.15) is 0 Å². The second-order valence-electron chi connectivity index (χ2n) is 4.00. The molecule has 1 aromatic rings. The number of aliphatic hydroxyl groups is 1. The van der Waals surface area contributed by atoms with Gasteiger partial charge in [-0.1, -0.05) is 6.07 Å². The van der Waals surface area contributed by atoms with Crippen LogP contribution in [0.4, 0.5) is 0 Å². The van der Waals surface area contributed by atoms with Crippen LogP contribution in [0.15, 0.2) is 24.5 Å². The largest absolute Gasteiger partial charge is 0.393 e. The Hall–Kier alpha value is -1.42. The number of carbonyl (C=O) groups is 1. The Morgan fingerprint density at radius 1 is 1.62 bits per heavy atom. The Labute approximate surface area is 95.9 Å². The Kier molecular flexibility index (Phi) is 4.92. The van der Waals surface area contributed by atoms with E-state index in [4.69, 9.17) is 5.11 Å². The molecule has 1 atom stereocenters. The van der Waals surface area contributed by atoms with Crippen LogP contribution in [-0.4, -0.2) is 34.0 Å². The van der Waals surface area contributed by atoms with Gasteiger partial charge < -0.3 is 10.0 Å². The summed E-state index contributed by atoms with van der Waals surface area (Å²) in [6, 6.07) is 3.79. The van der Waals surface area contributed by atoms with Gasteiger partial charge in [0.05, 0.1) is 6.10 Å². The van der Waals surface area contributed by atoms with Gasteiger partial charge in [-0.3, -0.25) is 9.78 Å². The summed E-state index contributed by atoms with van der Waals surface area (Å²) < 4.78 is 0. The van der Waals surface area contributed by atoms with Gasteiger partial charge >= 0.3 is 0 Å². The molecule has 0 aliphatic heterocycles. The number of rotatable bonds is 5. The highest BCUT2D eigenvalue weighted by atomic mass is 16.3. The summed E-state index contributed by atoms with van der Waals surface area (Å²) in [5.74, 6) is 0.0461. The van der Waals surface area contributed by atoms with Crippen molar-refractivity contribution in [3.05, 3.63) is 30.1 Å². The lowest BCUT2D eigenvalue weighted by molar-refractivity contribution is -0.131. The third-order valence-corrected chi connectivity index (χ3v) is 2.34.